The first-order valence-electron chi connectivity index (χ1n) is 8.64. The molecular formula is C19H22N4O2. The molecule has 6 heteroatoms. The first-order chi connectivity index (χ1) is 12.2. The Hall–Kier alpha value is -2.60. The number of fused-ring (bicyclic) bond motifs is 1. The van der Waals surface area contributed by atoms with Gasteiger partial charge in [-0.1, -0.05) is 26.0 Å². The molecule has 4 rings (SSSR count). The first-order valence-corrected chi connectivity index (χ1v) is 8.64. The average molecular weight is 338 g/mol. The molecule has 6 nitrogen and oxygen atoms in total. The van der Waals surface area contributed by atoms with Gasteiger partial charge in [-0.05, 0) is 23.6 Å². The highest BCUT2D eigenvalue weighted by Gasteiger charge is 2.17. The molecule has 1 fully saturated rings. The molecule has 0 amide bonds. The van der Waals surface area contributed by atoms with E-state index in [1.165, 1.54) is 5.56 Å². The Morgan fingerprint density at radius 3 is 2.52 bits per heavy atom. The second-order valence-electron chi connectivity index (χ2n) is 6.54. The van der Waals surface area contributed by atoms with Gasteiger partial charge in [0.25, 0.3) is 0 Å². The molecule has 0 saturated carbocycles. The van der Waals surface area contributed by atoms with E-state index in [2.05, 4.69) is 53.3 Å². The summed E-state index contributed by atoms with van der Waals surface area (Å²) in [5.41, 5.74) is 3.12. The van der Waals surface area contributed by atoms with Gasteiger partial charge in [-0.15, -0.1) is 0 Å². The summed E-state index contributed by atoms with van der Waals surface area (Å²) >= 11 is 0. The Labute approximate surface area is 146 Å². The third-order valence-corrected chi connectivity index (χ3v) is 4.46. The summed E-state index contributed by atoms with van der Waals surface area (Å²) in [7, 11) is 0. The number of hydrogen-bond donors (Lipinski definition) is 1. The van der Waals surface area contributed by atoms with Crippen LogP contribution >= 0.6 is 0 Å². The maximum atomic E-state index is 5.42. The van der Waals surface area contributed by atoms with E-state index >= 15 is 0 Å². The highest BCUT2D eigenvalue weighted by atomic mass is 16.5. The van der Waals surface area contributed by atoms with Crippen LogP contribution in [-0.4, -0.2) is 36.3 Å². The minimum atomic E-state index is 0.515. The standard InChI is InChI=1S/C19H22N4O2/c1-13(2)14-3-5-15(6-4-14)20-18-16-11-25-12-17(16)21-19(22-18)23-7-9-24-10-8-23/h3-6,11-13H,7-10H2,1-2H3,(H,20,21,22). The van der Waals surface area contributed by atoms with Crippen LogP contribution in [-0.2, 0) is 4.74 Å². The van der Waals surface area contributed by atoms with Crippen molar-refractivity contribution in [1.29, 1.82) is 0 Å². The maximum absolute atomic E-state index is 5.42. The Morgan fingerprint density at radius 2 is 1.80 bits per heavy atom. The van der Waals surface area contributed by atoms with Crippen LogP contribution in [0.1, 0.15) is 25.3 Å². The van der Waals surface area contributed by atoms with Crippen molar-refractivity contribution in [1.82, 2.24) is 9.97 Å². The highest BCUT2D eigenvalue weighted by Crippen LogP contribution is 2.28. The predicted molar refractivity (Wildman–Crippen MR) is 98.6 cm³/mol. The summed E-state index contributed by atoms with van der Waals surface area (Å²) < 4.78 is 10.8. The highest BCUT2D eigenvalue weighted by molar-refractivity contribution is 5.90. The summed E-state index contributed by atoms with van der Waals surface area (Å²) in [6.45, 7) is 7.38. The Bertz CT molecular complexity index is 851. The second kappa shape index (κ2) is 6.72. The second-order valence-corrected chi connectivity index (χ2v) is 6.54. The number of nitrogens with one attached hydrogen (secondary N) is 1. The number of benzene rings is 1. The zero-order chi connectivity index (χ0) is 17.2. The lowest BCUT2D eigenvalue weighted by molar-refractivity contribution is 0.122. The molecule has 3 heterocycles. The molecule has 1 saturated heterocycles. The molecular weight excluding hydrogens is 316 g/mol. The number of hydrogen-bond acceptors (Lipinski definition) is 6. The van der Waals surface area contributed by atoms with E-state index < -0.39 is 0 Å². The fraction of sp³-hybridized carbons (Fsp3) is 0.368. The summed E-state index contributed by atoms with van der Waals surface area (Å²) in [5, 5.41) is 4.29. The van der Waals surface area contributed by atoms with Crippen molar-refractivity contribution < 1.29 is 9.15 Å². The summed E-state index contributed by atoms with van der Waals surface area (Å²) in [4.78, 5) is 11.5. The van der Waals surface area contributed by atoms with Gasteiger partial charge in [0.15, 0.2) is 0 Å². The Morgan fingerprint density at radius 1 is 1.04 bits per heavy atom. The van der Waals surface area contributed by atoms with Gasteiger partial charge in [0.1, 0.15) is 23.9 Å². The van der Waals surface area contributed by atoms with Crippen molar-refractivity contribution in [2.45, 2.75) is 19.8 Å². The van der Waals surface area contributed by atoms with Crippen LogP contribution < -0.4 is 10.2 Å². The normalized spacial score (nSPS) is 15.1. The summed E-state index contributed by atoms with van der Waals surface area (Å²) in [5.74, 6) is 1.98. The molecule has 1 aliphatic heterocycles. The third-order valence-electron chi connectivity index (χ3n) is 4.46. The van der Waals surface area contributed by atoms with Crippen molar-refractivity contribution in [3.63, 3.8) is 0 Å². The van der Waals surface area contributed by atoms with Crippen LogP contribution in [0.15, 0.2) is 41.2 Å². The fourth-order valence-electron chi connectivity index (χ4n) is 2.94. The van der Waals surface area contributed by atoms with Gasteiger partial charge in [0.2, 0.25) is 5.95 Å². The summed E-state index contributed by atoms with van der Waals surface area (Å²) in [6, 6.07) is 8.45. The van der Waals surface area contributed by atoms with E-state index in [4.69, 9.17) is 14.1 Å². The van der Waals surface area contributed by atoms with E-state index in [0.29, 0.717) is 25.1 Å². The molecule has 25 heavy (non-hydrogen) atoms. The number of ether oxygens (including phenoxy) is 1. The number of aromatic nitrogens is 2. The van der Waals surface area contributed by atoms with Crippen LogP contribution in [0.2, 0.25) is 0 Å². The van der Waals surface area contributed by atoms with Crippen molar-refractivity contribution in [3.05, 3.63) is 42.4 Å². The molecule has 0 radical (unpaired) electrons. The van der Waals surface area contributed by atoms with Gasteiger partial charge >= 0.3 is 0 Å². The smallest absolute Gasteiger partial charge is 0.228 e. The van der Waals surface area contributed by atoms with Crippen LogP contribution in [0.25, 0.3) is 10.9 Å². The van der Waals surface area contributed by atoms with Gasteiger partial charge in [-0.25, -0.2) is 4.98 Å². The SMILES string of the molecule is CC(C)c1ccc(Nc2nc(N3CCOCC3)nc3cocc23)cc1. The molecule has 0 unspecified atom stereocenters. The molecule has 1 aliphatic rings. The molecule has 2 aromatic heterocycles. The van der Waals surface area contributed by atoms with Gasteiger partial charge in [-0.2, -0.15) is 4.98 Å². The Balaban J connectivity index is 1.66. The quantitative estimate of drug-likeness (QED) is 0.778. The molecule has 0 atom stereocenters. The number of nitrogens with zero attached hydrogens (tertiary/aromatic N) is 3. The predicted octanol–water partition coefficient (Wildman–Crippen LogP) is 3.93. The zero-order valence-electron chi connectivity index (χ0n) is 14.5. The van der Waals surface area contributed by atoms with E-state index in [-0.39, 0.29) is 0 Å². The fourth-order valence-corrected chi connectivity index (χ4v) is 2.94. The molecule has 1 N–H and O–H groups in total. The van der Waals surface area contributed by atoms with E-state index in [1.54, 1.807) is 12.5 Å². The maximum Gasteiger partial charge on any atom is 0.228 e. The monoisotopic (exact) mass is 338 g/mol. The van der Waals surface area contributed by atoms with Gasteiger partial charge in [0.05, 0.1) is 18.6 Å². The molecule has 1 aromatic carbocycles. The van der Waals surface area contributed by atoms with Crippen LogP contribution in [0, 0.1) is 0 Å². The lowest BCUT2D eigenvalue weighted by Crippen LogP contribution is -2.37. The topological polar surface area (TPSA) is 63.4 Å². The lowest BCUT2D eigenvalue weighted by atomic mass is 10.0. The van der Waals surface area contributed by atoms with Crippen molar-refractivity contribution in [3.8, 4) is 0 Å². The van der Waals surface area contributed by atoms with E-state index in [0.717, 1.165) is 35.5 Å². The van der Waals surface area contributed by atoms with Gasteiger partial charge in [-0.3, -0.25) is 0 Å². The Kier molecular flexibility index (Phi) is 4.28. The molecule has 130 valence electrons. The number of furan rings is 1. The van der Waals surface area contributed by atoms with Crippen molar-refractivity contribution >= 4 is 28.4 Å². The first kappa shape index (κ1) is 15.9. The van der Waals surface area contributed by atoms with Gasteiger partial charge in [0, 0.05) is 18.8 Å². The van der Waals surface area contributed by atoms with E-state index in [9.17, 15) is 0 Å². The number of anilines is 3. The lowest BCUT2D eigenvalue weighted by Gasteiger charge is -2.27. The largest absolute Gasteiger partial charge is 0.469 e. The van der Waals surface area contributed by atoms with Crippen LogP contribution in [0.5, 0.6) is 0 Å². The zero-order valence-corrected chi connectivity index (χ0v) is 14.5. The van der Waals surface area contributed by atoms with Crippen molar-refractivity contribution in [2.24, 2.45) is 0 Å². The number of morpholine rings is 1. The average Bonchev–Trinajstić information content (AvgIpc) is 3.12. The van der Waals surface area contributed by atoms with E-state index in [1.807, 2.05) is 0 Å². The van der Waals surface area contributed by atoms with Crippen LogP contribution in [0.4, 0.5) is 17.5 Å². The minimum absolute atomic E-state index is 0.515. The van der Waals surface area contributed by atoms with Gasteiger partial charge < -0.3 is 19.4 Å². The number of rotatable bonds is 4. The van der Waals surface area contributed by atoms with Crippen molar-refractivity contribution in [2.75, 3.05) is 36.5 Å². The molecule has 0 spiro atoms. The van der Waals surface area contributed by atoms with Crippen LogP contribution in [0.3, 0.4) is 0 Å². The third kappa shape index (κ3) is 3.30. The molecule has 3 aromatic rings. The summed E-state index contributed by atoms with van der Waals surface area (Å²) in [6.07, 6.45) is 3.34. The minimum Gasteiger partial charge on any atom is -0.469 e. The molecule has 0 bridgehead atoms. The molecule has 0 aliphatic carbocycles.